The van der Waals surface area contributed by atoms with Gasteiger partial charge in [0.25, 0.3) is 0 Å². The number of hydrogen-bond donors (Lipinski definition) is 2. The van der Waals surface area contributed by atoms with Crippen LogP contribution in [0.3, 0.4) is 0 Å². The highest BCUT2D eigenvalue weighted by molar-refractivity contribution is 8.00. The number of carbonyl (C=O) groups is 1. The van der Waals surface area contributed by atoms with Crippen LogP contribution in [0.2, 0.25) is 0 Å². The summed E-state index contributed by atoms with van der Waals surface area (Å²) in [7, 11) is 1.58. The number of nitriles is 1. The van der Waals surface area contributed by atoms with Crippen LogP contribution in [0.5, 0.6) is 5.75 Å². The van der Waals surface area contributed by atoms with Crippen LogP contribution in [0.15, 0.2) is 23.1 Å². The van der Waals surface area contributed by atoms with Gasteiger partial charge in [0.2, 0.25) is 5.91 Å². The number of methoxy groups -OCH3 is 1. The normalized spacial score (nSPS) is 13.3. The zero-order valence-electron chi connectivity index (χ0n) is 12.8. The summed E-state index contributed by atoms with van der Waals surface area (Å²) in [5.41, 5.74) is 5.61. The molecule has 114 valence electrons. The molecule has 1 atom stereocenters. The number of nitrogens with zero attached hydrogens (tertiary/aromatic N) is 1. The molecule has 0 saturated heterocycles. The molecule has 1 aromatic carbocycles. The van der Waals surface area contributed by atoms with Gasteiger partial charge in [0.1, 0.15) is 11.3 Å². The number of thioether (sulfide) groups is 1. The first-order valence-corrected chi connectivity index (χ1v) is 7.59. The van der Waals surface area contributed by atoms with E-state index in [0.29, 0.717) is 11.4 Å². The maximum atomic E-state index is 12.0. The van der Waals surface area contributed by atoms with Crippen molar-refractivity contribution in [1.29, 1.82) is 5.26 Å². The Balaban J connectivity index is 2.68. The fraction of sp³-hybridized carbons (Fsp3) is 0.467. The second kappa shape index (κ2) is 7.23. The molecule has 5 nitrogen and oxygen atoms in total. The first kappa shape index (κ1) is 17.2. The third-order valence-electron chi connectivity index (χ3n) is 3.37. The van der Waals surface area contributed by atoms with Gasteiger partial charge in [-0.15, -0.1) is 11.8 Å². The van der Waals surface area contributed by atoms with Gasteiger partial charge in [0.05, 0.1) is 18.9 Å². The Hall–Kier alpha value is -1.87. The Labute approximate surface area is 129 Å². The average Bonchev–Trinajstić information content (AvgIpc) is 2.46. The third-order valence-corrected chi connectivity index (χ3v) is 4.44. The predicted molar refractivity (Wildman–Crippen MR) is 85.1 cm³/mol. The van der Waals surface area contributed by atoms with E-state index < -0.39 is 5.54 Å². The first-order chi connectivity index (χ1) is 9.82. The summed E-state index contributed by atoms with van der Waals surface area (Å²) in [6, 6.07) is 7.45. The Morgan fingerprint density at radius 3 is 2.76 bits per heavy atom. The van der Waals surface area contributed by atoms with E-state index in [0.717, 1.165) is 4.90 Å². The molecule has 6 heteroatoms. The van der Waals surface area contributed by atoms with E-state index in [2.05, 4.69) is 11.4 Å². The number of hydrogen-bond acceptors (Lipinski definition) is 5. The molecule has 1 rings (SSSR count). The van der Waals surface area contributed by atoms with Gasteiger partial charge >= 0.3 is 0 Å². The second-order valence-electron chi connectivity index (χ2n) is 5.21. The number of anilines is 1. The van der Waals surface area contributed by atoms with Crippen LogP contribution in [0.25, 0.3) is 0 Å². The van der Waals surface area contributed by atoms with Crippen molar-refractivity contribution in [3.05, 3.63) is 18.2 Å². The summed E-state index contributed by atoms with van der Waals surface area (Å²) in [5, 5.41) is 12.0. The average molecular weight is 307 g/mol. The molecule has 0 saturated carbocycles. The number of benzene rings is 1. The van der Waals surface area contributed by atoms with E-state index in [1.54, 1.807) is 32.2 Å². The lowest BCUT2D eigenvalue weighted by Gasteiger charge is -2.27. The van der Waals surface area contributed by atoms with Gasteiger partial charge in [-0.05, 0) is 31.0 Å². The Bertz CT molecular complexity index is 554. The molecule has 0 aliphatic rings. The highest BCUT2D eigenvalue weighted by Crippen LogP contribution is 2.29. The predicted octanol–water partition coefficient (Wildman–Crippen LogP) is 2.42. The zero-order valence-corrected chi connectivity index (χ0v) is 13.6. The van der Waals surface area contributed by atoms with Crippen molar-refractivity contribution in [2.75, 3.05) is 18.6 Å². The highest BCUT2D eigenvalue weighted by atomic mass is 32.2. The summed E-state index contributed by atoms with van der Waals surface area (Å²) in [6.45, 7) is 5.52. The van der Waals surface area contributed by atoms with E-state index in [-0.39, 0.29) is 17.6 Å². The number of nitrogens with one attached hydrogen (secondary N) is 1. The van der Waals surface area contributed by atoms with Gasteiger partial charge in [-0.3, -0.25) is 4.79 Å². The summed E-state index contributed by atoms with van der Waals surface area (Å²) >= 11 is 1.32. The van der Waals surface area contributed by atoms with E-state index >= 15 is 0 Å². The number of rotatable bonds is 6. The first-order valence-electron chi connectivity index (χ1n) is 6.61. The number of carbonyl (C=O) groups excluding carboxylic acids is 1. The Morgan fingerprint density at radius 1 is 1.57 bits per heavy atom. The maximum absolute atomic E-state index is 12.0. The quantitative estimate of drug-likeness (QED) is 0.622. The molecular weight excluding hydrogens is 286 g/mol. The van der Waals surface area contributed by atoms with Gasteiger partial charge in [0.15, 0.2) is 0 Å². The molecule has 0 spiro atoms. The van der Waals surface area contributed by atoms with Crippen molar-refractivity contribution in [1.82, 2.24) is 5.32 Å². The zero-order chi connectivity index (χ0) is 16.0. The summed E-state index contributed by atoms with van der Waals surface area (Å²) in [4.78, 5) is 12.8. The molecule has 1 amide bonds. The van der Waals surface area contributed by atoms with Crippen LogP contribution < -0.4 is 15.8 Å². The Kier molecular flexibility index (Phi) is 5.91. The van der Waals surface area contributed by atoms with Crippen molar-refractivity contribution >= 4 is 23.4 Å². The van der Waals surface area contributed by atoms with Crippen LogP contribution in [0.4, 0.5) is 5.69 Å². The molecule has 3 N–H and O–H groups in total. The summed E-state index contributed by atoms with van der Waals surface area (Å²) in [5.74, 6) is 0.718. The molecule has 0 bridgehead atoms. The van der Waals surface area contributed by atoms with E-state index in [9.17, 15) is 10.1 Å². The SMILES string of the molecule is COc1ccc(N)c(SCC(=O)NC(C)(C#N)C(C)C)c1. The Morgan fingerprint density at radius 2 is 2.24 bits per heavy atom. The number of amides is 1. The summed E-state index contributed by atoms with van der Waals surface area (Å²) in [6.07, 6.45) is 0. The third kappa shape index (κ3) is 4.57. The lowest BCUT2D eigenvalue weighted by Crippen LogP contribution is -2.49. The van der Waals surface area contributed by atoms with Crippen molar-refractivity contribution in [3.8, 4) is 11.8 Å². The molecule has 0 aliphatic heterocycles. The van der Waals surface area contributed by atoms with Gasteiger partial charge in [-0.1, -0.05) is 13.8 Å². The van der Waals surface area contributed by atoms with Gasteiger partial charge in [0, 0.05) is 10.6 Å². The summed E-state index contributed by atoms with van der Waals surface area (Å²) < 4.78 is 5.13. The van der Waals surface area contributed by atoms with Gasteiger partial charge in [-0.25, -0.2) is 0 Å². The fourth-order valence-electron chi connectivity index (χ4n) is 1.54. The van der Waals surface area contributed by atoms with Crippen molar-refractivity contribution in [2.24, 2.45) is 5.92 Å². The van der Waals surface area contributed by atoms with Crippen LogP contribution in [0.1, 0.15) is 20.8 Å². The molecule has 0 radical (unpaired) electrons. The van der Waals surface area contributed by atoms with Crippen LogP contribution in [-0.2, 0) is 4.79 Å². The largest absolute Gasteiger partial charge is 0.497 e. The minimum absolute atomic E-state index is 0.0262. The van der Waals surface area contributed by atoms with Crippen molar-refractivity contribution in [2.45, 2.75) is 31.2 Å². The number of ether oxygens (including phenoxy) is 1. The van der Waals surface area contributed by atoms with Crippen LogP contribution in [0, 0.1) is 17.2 Å². The fourth-order valence-corrected chi connectivity index (χ4v) is 2.33. The molecule has 21 heavy (non-hydrogen) atoms. The van der Waals surface area contributed by atoms with Crippen molar-refractivity contribution in [3.63, 3.8) is 0 Å². The smallest absolute Gasteiger partial charge is 0.231 e. The number of nitrogens with two attached hydrogens (primary N) is 1. The van der Waals surface area contributed by atoms with Crippen LogP contribution in [-0.4, -0.2) is 24.3 Å². The molecule has 1 unspecified atom stereocenters. The van der Waals surface area contributed by atoms with E-state index in [1.807, 2.05) is 13.8 Å². The maximum Gasteiger partial charge on any atom is 0.231 e. The number of nitrogen functional groups attached to an aromatic ring is 1. The highest BCUT2D eigenvalue weighted by Gasteiger charge is 2.29. The molecular formula is C15H21N3O2S. The molecule has 0 aromatic heterocycles. The second-order valence-corrected chi connectivity index (χ2v) is 6.23. The monoisotopic (exact) mass is 307 g/mol. The minimum atomic E-state index is -0.864. The lowest BCUT2D eigenvalue weighted by molar-refractivity contribution is -0.120. The van der Waals surface area contributed by atoms with Gasteiger partial charge < -0.3 is 15.8 Å². The standard InChI is InChI=1S/C15H21N3O2S/c1-10(2)15(3,9-16)18-14(19)8-21-13-7-11(20-4)5-6-12(13)17/h5-7,10H,8,17H2,1-4H3,(H,18,19). The lowest BCUT2D eigenvalue weighted by atomic mass is 9.90. The van der Waals surface area contributed by atoms with Crippen LogP contribution >= 0.6 is 11.8 Å². The topological polar surface area (TPSA) is 88.1 Å². The van der Waals surface area contributed by atoms with Gasteiger partial charge in [-0.2, -0.15) is 5.26 Å². The molecule has 1 aromatic rings. The molecule has 0 fully saturated rings. The molecule has 0 heterocycles. The van der Waals surface area contributed by atoms with E-state index in [1.165, 1.54) is 11.8 Å². The molecule has 0 aliphatic carbocycles. The van der Waals surface area contributed by atoms with Crippen molar-refractivity contribution < 1.29 is 9.53 Å². The minimum Gasteiger partial charge on any atom is -0.497 e. The van der Waals surface area contributed by atoms with E-state index in [4.69, 9.17) is 10.5 Å².